The molecule has 1 N–H and O–H groups in total. The van der Waals surface area contributed by atoms with Crippen molar-refractivity contribution >= 4 is 5.91 Å². The summed E-state index contributed by atoms with van der Waals surface area (Å²) in [6.45, 7) is 6.94. The minimum absolute atomic E-state index is 0.0132. The number of benzene rings is 3. The topological polar surface area (TPSA) is 35.6 Å². The third-order valence-corrected chi connectivity index (χ3v) is 6.88. The first-order chi connectivity index (χ1) is 16.2. The van der Waals surface area contributed by atoms with Crippen LogP contribution in [0.15, 0.2) is 72.8 Å². The van der Waals surface area contributed by atoms with Gasteiger partial charge in [0.05, 0.1) is 0 Å². The molecule has 0 atom stereocenters. The van der Waals surface area contributed by atoms with Crippen molar-refractivity contribution in [2.45, 2.75) is 45.4 Å². The van der Waals surface area contributed by atoms with Gasteiger partial charge in [0.1, 0.15) is 0 Å². The largest absolute Gasteiger partial charge is 0.348 e. The summed E-state index contributed by atoms with van der Waals surface area (Å²) in [6.07, 6.45) is 3.71. The number of nitrogens with zero attached hydrogens (tertiary/aromatic N) is 2. The third-order valence-electron chi connectivity index (χ3n) is 6.88. The van der Waals surface area contributed by atoms with E-state index in [1.54, 1.807) is 0 Å². The highest BCUT2D eigenvalue weighted by Gasteiger charge is 2.16. The second-order valence-electron chi connectivity index (χ2n) is 9.41. The van der Waals surface area contributed by atoms with E-state index < -0.39 is 0 Å². The average Bonchev–Trinajstić information content (AvgIpc) is 3.36. The predicted molar refractivity (Wildman–Crippen MR) is 133 cm³/mol. The van der Waals surface area contributed by atoms with Crippen LogP contribution in [0.2, 0.25) is 0 Å². The Kier molecular flexibility index (Phi) is 6.84. The molecule has 5 rings (SSSR count). The van der Waals surface area contributed by atoms with Crippen molar-refractivity contribution in [1.29, 1.82) is 0 Å². The van der Waals surface area contributed by atoms with E-state index in [0.717, 1.165) is 43.7 Å². The summed E-state index contributed by atoms with van der Waals surface area (Å²) in [6, 6.07) is 25.4. The van der Waals surface area contributed by atoms with Gasteiger partial charge in [-0.2, -0.15) is 0 Å². The lowest BCUT2D eigenvalue weighted by molar-refractivity contribution is 0.0951. The van der Waals surface area contributed by atoms with E-state index in [2.05, 4.69) is 75.8 Å². The number of nitrogens with one attached hydrogen (secondary N) is 1. The highest BCUT2D eigenvalue weighted by atomic mass is 16.1. The normalized spacial score (nSPS) is 16.5. The fourth-order valence-electron chi connectivity index (χ4n) is 5.03. The van der Waals surface area contributed by atoms with Gasteiger partial charge in [-0.25, -0.2) is 0 Å². The van der Waals surface area contributed by atoms with Crippen LogP contribution >= 0.6 is 0 Å². The zero-order valence-corrected chi connectivity index (χ0v) is 19.3. The second kappa shape index (κ2) is 10.3. The van der Waals surface area contributed by atoms with Gasteiger partial charge in [-0.1, -0.05) is 60.7 Å². The summed E-state index contributed by atoms with van der Waals surface area (Å²) in [4.78, 5) is 17.6. The van der Waals surface area contributed by atoms with E-state index in [1.165, 1.54) is 48.2 Å². The van der Waals surface area contributed by atoms with Crippen LogP contribution in [0.4, 0.5) is 0 Å². The van der Waals surface area contributed by atoms with E-state index in [4.69, 9.17) is 0 Å². The van der Waals surface area contributed by atoms with Crippen molar-refractivity contribution in [2.75, 3.05) is 19.6 Å². The standard InChI is InChI=1S/C29H33N3O/c33-29(27-12-10-23(11-13-27)20-31-15-3-4-16-31)30-19-24-6-5-7-25(18-24)21-32-17-14-26-8-1-2-9-28(26)22-32/h1-2,5-13,18H,3-4,14-17,19-22H2,(H,30,33). The lowest BCUT2D eigenvalue weighted by atomic mass is 9.99. The van der Waals surface area contributed by atoms with E-state index in [9.17, 15) is 4.79 Å². The lowest BCUT2D eigenvalue weighted by Crippen LogP contribution is -2.30. The summed E-state index contributed by atoms with van der Waals surface area (Å²) < 4.78 is 0. The molecule has 0 aromatic heterocycles. The van der Waals surface area contributed by atoms with E-state index in [0.29, 0.717) is 6.54 Å². The van der Waals surface area contributed by atoms with Crippen LogP contribution in [0, 0.1) is 0 Å². The van der Waals surface area contributed by atoms with E-state index >= 15 is 0 Å². The Morgan fingerprint density at radius 2 is 1.45 bits per heavy atom. The minimum Gasteiger partial charge on any atom is -0.348 e. The van der Waals surface area contributed by atoms with Gasteiger partial charge in [-0.05, 0) is 72.3 Å². The molecule has 4 heteroatoms. The van der Waals surface area contributed by atoms with Crippen LogP contribution < -0.4 is 5.32 Å². The van der Waals surface area contributed by atoms with Crippen molar-refractivity contribution < 1.29 is 4.79 Å². The molecule has 3 aromatic carbocycles. The number of carbonyl (C=O) groups excluding carboxylic acids is 1. The molecule has 0 radical (unpaired) electrons. The molecule has 0 unspecified atom stereocenters. The number of likely N-dealkylation sites (tertiary alicyclic amines) is 1. The summed E-state index contributed by atoms with van der Waals surface area (Å²) >= 11 is 0. The van der Waals surface area contributed by atoms with Crippen LogP contribution in [0.3, 0.4) is 0 Å². The fraction of sp³-hybridized carbons (Fsp3) is 0.345. The first-order valence-electron chi connectivity index (χ1n) is 12.2. The van der Waals surface area contributed by atoms with Crippen molar-refractivity contribution in [3.05, 3.63) is 106 Å². The summed E-state index contributed by atoms with van der Waals surface area (Å²) in [7, 11) is 0. The minimum atomic E-state index is -0.0132. The van der Waals surface area contributed by atoms with Crippen molar-refractivity contribution in [2.24, 2.45) is 0 Å². The lowest BCUT2D eigenvalue weighted by Gasteiger charge is -2.28. The molecule has 4 nitrogen and oxygen atoms in total. The highest BCUT2D eigenvalue weighted by molar-refractivity contribution is 5.94. The van der Waals surface area contributed by atoms with E-state index in [-0.39, 0.29) is 5.91 Å². The summed E-state index contributed by atoms with van der Waals surface area (Å²) in [5.74, 6) is -0.0132. The number of amides is 1. The molecule has 0 aliphatic carbocycles. The van der Waals surface area contributed by atoms with Gasteiger partial charge in [-0.15, -0.1) is 0 Å². The van der Waals surface area contributed by atoms with Gasteiger partial charge in [0.2, 0.25) is 0 Å². The molecule has 0 saturated carbocycles. The van der Waals surface area contributed by atoms with Gasteiger partial charge < -0.3 is 5.32 Å². The molecular formula is C29H33N3O. The third kappa shape index (κ3) is 5.70. The average molecular weight is 440 g/mol. The highest BCUT2D eigenvalue weighted by Crippen LogP contribution is 2.20. The van der Waals surface area contributed by atoms with Gasteiger partial charge >= 0.3 is 0 Å². The van der Waals surface area contributed by atoms with Crippen LogP contribution in [-0.4, -0.2) is 35.3 Å². The predicted octanol–water partition coefficient (Wildman–Crippen LogP) is 4.77. The quantitative estimate of drug-likeness (QED) is 0.576. The summed E-state index contributed by atoms with van der Waals surface area (Å²) in [5, 5.41) is 3.09. The first-order valence-corrected chi connectivity index (χ1v) is 12.2. The van der Waals surface area contributed by atoms with Gasteiger partial charge in [-0.3, -0.25) is 14.6 Å². The molecule has 3 aromatic rings. The number of carbonyl (C=O) groups is 1. The molecule has 2 aliphatic heterocycles. The number of hydrogen-bond donors (Lipinski definition) is 1. The zero-order valence-electron chi connectivity index (χ0n) is 19.3. The second-order valence-corrected chi connectivity index (χ2v) is 9.41. The molecular weight excluding hydrogens is 406 g/mol. The van der Waals surface area contributed by atoms with E-state index in [1.807, 2.05) is 12.1 Å². The molecule has 2 aliphatic rings. The SMILES string of the molecule is O=C(NCc1cccc(CN2CCc3ccccc3C2)c1)c1ccc(CN2CCCC2)cc1. The smallest absolute Gasteiger partial charge is 0.251 e. The monoisotopic (exact) mass is 439 g/mol. The number of rotatable bonds is 7. The van der Waals surface area contributed by atoms with Gasteiger partial charge in [0.25, 0.3) is 5.91 Å². The molecule has 1 fully saturated rings. The first kappa shape index (κ1) is 21.9. The maximum absolute atomic E-state index is 12.7. The Balaban J connectivity index is 1.13. The van der Waals surface area contributed by atoms with Crippen LogP contribution in [0.5, 0.6) is 0 Å². The van der Waals surface area contributed by atoms with Gasteiger partial charge in [0.15, 0.2) is 0 Å². The van der Waals surface area contributed by atoms with Crippen molar-refractivity contribution in [1.82, 2.24) is 15.1 Å². The maximum atomic E-state index is 12.7. The number of fused-ring (bicyclic) bond motifs is 1. The molecule has 2 heterocycles. The van der Waals surface area contributed by atoms with Crippen LogP contribution in [-0.2, 0) is 32.6 Å². The fourth-order valence-corrected chi connectivity index (χ4v) is 5.03. The molecule has 0 spiro atoms. The maximum Gasteiger partial charge on any atom is 0.251 e. The Labute approximate surface area is 197 Å². The van der Waals surface area contributed by atoms with Crippen LogP contribution in [0.1, 0.15) is 51.0 Å². The Morgan fingerprint density at radius 3 is 2.27 bits per heavy atom. The number of hydrogen-bond acceptors (Lipinski definition) is 3. The molecule has 33 heavy (non-hydrogen) atoms. The summed E-state index contributed by atoms with van der Waals surface area (Å²) in [5.41, 5.74) is 7.37. The Morgan fingerprint density at radius 1 is 0.727 bits per heavy atom. The zero-order chi connectivity index (χ0) is 22.5. The Hall–Kier alpha value is -2.95. The molecule has 170 valence electrons. The molecule has 0 bridgehead atoms. The van der Waals surface area contributed by atoms with Crippen LogP contribution in [0.25, 0.3) is 0 Å². The molecule has 1 saturated heterocycles. The molecule has 1 amide bonds. The van der Waals surface area contributed by atoms with Crippen molar-refractivity contribution in [3.8, 4) is 0 Å². The van der Waals surface area contributed by atoms with Crippen molar-refractivity contribution in [3.63, 3.8) is 0 Å². The Bertz CT molecular complexity index is 1090. The van der Waals surface area contributed by atoms with Gasteiger partial charge in [0, 0.05) is 38.3 Å².